The van der Waals surface area contributed by atoms with Crippen molar-refractivity contribution < 1.29 is 22.6 Å². The molecule has 0 fully saturated rings. The molecule has 0 unspecified atom stereocenters. The van der Waals surface area contributed by atoms with E-state index in [0.717, 1.165) is 11.1 Å². The van der Waals surface area contributed by atoms with E-state index in [-0.39, 0.29) is 5.75 Å². The van der Waals surface area contributed by atoms with Crippen LogP contribution < -0.4 is 9.47 Å². The molecule has 1 heterocycles. The fourth-order valence-electron chi connectivity index (χ4n) is 2.46. The second-order valence-electron chi connectivity index (χ2n) is 4.75. The normalized spacial score (nSPS) is 13.2. The highest BCUT2D eigenvalue weighted by Gasteiger charge is 2.31. The topological polar surface area (TPSA) is 42.2 Å². The largest absolute Gasteiger partial charge is 0.573 e. The number of nitrogens with zero attached hydrogens (tertiary/aromatic N) is 1. The van der Waals surface area contributed by atoms with E-state index in [0.29, 0.717) is 29.9 Å². The van der Waals surface area contributed by atoms with Crippen molar-refractivity contribution in [3.05, 3.63) is 47.5 Å². The molecule has 6 heteroatoms. The Morgan fingerprint density at radius 1 is 1.09 bits per heavy atom. The smallest absolute Gasteiger partial charge is 0.492 e. The Morgan fingerprint density at radius 2 is 1.82 bits per heavy atom. The summed E-state index contributed by atoms with van der Waals surface area (Å²) in [6, 6.07) is 11.1. The first kappa shape index (κ1) is 14.3. The molecule has 1 aliphatic heterocycles. The molecule has 0 saturated carbocycles. The summed E-state index contributed by atoms with van der Waals surface area (Å²) >= 11 is 0. The van der Waals surface area contributed by atoms with Crippen molar-refractivity contribution in [2.75, 3.05) is 6.61 Å². The van der Waals surface area contributed by atoms with E-state index >= 15 is 0 Å². The molecule has 0 aromatic heterocycles. The third kappa shape index (κ3) is 2.70. The third-order valence-electron chi connectivity index (χ3n) is 3.38. The Morgan fingerprint density at radius 3 is 2.45 bits per heavy atom. The first-order chi connectivity index (χ1) is 10.5. The molecule has 0 aliphatic carbocycles. The second kappa shape index (κ2) is 5.26. The Labute approximate surface area is 124 Å². The van der Waals surface area contributed by atoms with Gasteiger partial charge in [-0.3, -0.25) is 0 Å². The van der Waals surface area contributed by atoms with Crippen molar-refractivity contribution in [1.29, 1.82) is 5.26 Å². The van der Waals surface area contributed by atoms with Gasteiger partial charge in [0.15, 0.2) is 0 Å². The Kier molecular flexibility index (Phi) is 3.41. The highest BCUT2D eigenvalue weighted by Crippen LogP contribution is 2.39. The summed E-state index contributed by atoms with van der Waals surface area (Å²) in [6.07, 6.45) is -4.05. The van der Waals surface area contributed by atoms with Crippen LogP contribution in [0.5, 0.6) is 11.5 Å². The lowest BCUT2D eigenvalue weighted by atomic mass is 9.97. The maximum absolute atomic E-state index is 12.2. The van der Waals surface area contributed by atoms with E-state index in [1.54, 1.807) is 12.1 Å². The molecular weight excluding hydrogens is 295 g/mol. The van der Waals surface area contributed by atoms with Crippen LogP contribution in [0.1, 0.15) is 11.1 Å². The van der Waals surface area contributed by atoms with Gasteiger partial charge in [-0.05, 0) is 29.8 Å². The zero-order chi connectivity index (χ0) is 15.7. The van der Waals surface area contributed by atoms with Crippen LogP contribution in [0.3, 0.4) is 0 Å². The van der Waals surface area contributed by atoms with Crippen LogP contribution in [-0.4, -0.2) is 13.0 Å². The van der Waals surface area contributed by atoms with Gasteiger partial charge in [-0.15, -0.1) is 13.2 Å². The van der Waals surface area contributed by atoms with Crippen molar-refractivity contribution in [2.24, 2.45) is 0 Å². The lowest BCUT2D eigenvalue weighted by Gasteiger charge is -2.11. The fraction of sp³-hybridized carbons (Fsp3) is 0.188. The highest BCUT2D eigenvalue weighted by atomic mass is 19.4. The second-order valence-corrected chi connectivity index (χ2v) is 4.75. The number of ether oxygens (including phenoxy) is 2. The molecule has 2 aromatic carbocycles. The molecule has 112 valence electrons. The predicted octanol–water partition coefficient (Wildman–Crippen LogP) is 4.06. The van der Waals surface area contributed by atoms with Crippen LogP contribution in [0.2, 0.25) is 0 Å². The summed E-state index contributed by atoms with van der Waals surface area (Å²) in [7, 11) is 0. The van der Waals surface area contributed by atoms with Gasteiger partial charge in [0.1, 0.15) is 11.5 Å². The minimum absolute atomic E-state index is 0.276. The quantitative estimate of drug-likeness (QED) is 0.840. The number of nitriles is 1. The molecule has 3 nitrogen and oxygen atoms in total. The third-order valence-corrected chi connectivity index (χ3v) is 3.38. The van der Waals surface area contributed by atoms with Crippen LogP contribution in [0.15, 0.2) is 36.4 Å². The van der Waals surface area contributed by atoms with E-state index in [1.807, 2.05) is 0 Å². The summed E-state index contributed by atoms with van der Waals surface area (Å²) in [5, 5.41) is 9.08. The lowest BCUT2D eigenvalue weighted by Crippen LogP contribution is -2.16. The van der Waals surface area contributed by atoms with Gasteiger partial charge in [0.05, 0.1) is 18.2 Å². The summed E-state index contributed by atoms with van der Waals surface area (Å²) in [5.41, 5.74) is 2.87. The minimum Gasteiger partial charge on any atom is -0.492 e. The van der Waals surface area contributed by atoms with Crippen molar-refractivity contribution in [1.82, 2.24) is 0 Å². The van der Waals surface area contributed by atoms with E-state index < -0.39 is 6.36 Å². The number of hydrogen-bond donors (Lipinski definition) is 0. The first-order valence-electron chi connectivity index (χ1n) is 6.53. The van der Waals surface area contributed by atoms with Gasteiger partial charge in [-0.2, -0.15) is 5.26 Å². The molecule has 22 heavy (non-hydrogen) atoms. The van der Waals surface area contributed by atoms with Gasteiger partial charge in [-0.25, -0.2) is 0 Å². The van der Waals surface area contributed by atoms with Gasteiger partial charge in [0, 0.05) is 17.5 Å². The average molecular weight is 305 g/mol. The zero-order valence-corrected chi connectivity index (χ0v) is 11.3. The first-order valence-corrected chi connectivity index (χ1v) is 6.53. The van der Waals surface area contributed by atoms with Crippen LogP contribution in [0.25, 0.3) is 11.1 Å². The van der Waals surface area contributed by atoms with Gasteiger partial charge in [0.2, 0.25) is 0 Å². The molecule has 0 amide bonds. The van der Waals surface area contributed by atoms with Crippen LogP contribution >= 0.6 is 0 Å². The molecule has 0 spiro atoms. The van der Waals surface area contributed by atoms with Crippen LogP contribution in [0.4, 0.5) is 13.2 Å². The van der Waals surface area contributed by atoms with Crippen LogP contribution in [0, 0.1) is 11.3 Å². The molecule has 2 aromatic rings. The summed E-state index contributed by atoms with van der Waals surface area (Å²) in [5.74, 6) is 0.353. The maximum Gasteiger partial charge on any atom is 0.573 e. The average Bonchev–Trinajstić information content (AvgIpc) is 2.95. The molecule has 3 rings (SSSR count). The Bertz CT molecular complexity index is 746. The maximum atomic E-state index is 12.2. The van der Waals surface area contributed by atoms with Crippen molar-refractivity contribution in [2.45, 2.75) is 12.8 Å². The number of hydrogen-bond acceptors (Lipinski definition) is 3. The van der Waals surface area contributed by atoms with E-state index in [9.17, 15) is 13.2 Å². The summed E-state index contributed by atoms with van der Waals surface area (Å²) < 4.78 is 45.9. The number of alkyl halides is 3. The van der Waals surface area contributed by atoms with Crippen molar-refractivity contribution in [3.63, 3.8) is 0 Å². The number of benzene rings is 2. The van der Waals surface area contributed by atoms with Crippen molar-refractivity contribution in [3.8, 4) is 28.7 Å². The Hall–Kier alpha value is -2.68. The standard InChI is InChI=1S/C16H10F3NO2/c17-16(18,19)22-12-4-1-10(2-5-12)13-6-3-11(9-20)14-7-8-21-15(13)14/h1-6H,7-8H2. The summed E-state index contributed by atoms with van der Waals surface area (Å²) in [4.78, 5) is 0. The number of halogens is 3. The minimum atomic E-state index is -4.71. The van der Waals surface area contributed by atoms with Gasteiger partial charge < -0.3 is 9.47 Å². The van der Waals surface area contributed by atoms with Gasteiger partial charge >= 0.3 is 6.36 Å². The molecule has 0 bridgehead atoms. The number of fused-ring (bicyclic) bond motifs is 1. The molecule has 0 atom stereocenters. The fourth-order valence-corrected chi connectivity index (χ4v) is 2.46. The van der Waals surface area contributed by atoms with Crippen molar-refractivity contribution >= 4 is 0 Å². The molecule has 0 radical (unpaired) electrons. The van der Waals surface area contributed by atoms with Gasteiger partial charge in [0.25, 0.3) is 0 Å². The SMILES string of the molecule is N#Cc1ccc(-c2ccc(OC(F)(F)F)cc2)c2c1CCO2. The molecule has 1 aliphatic rings. The van der Waals surface area contributed by atoms with E-state index in [2.05, 4.69) is 10.8 Å². The highest BCUT2D eigenvalue weighted by molar-refractivity contribution is 5.75. The Balaban J connectivity index is 1.96. The van der Waals surface area contributed by atoms with Crippen LogP contribution in [-0.2, 0) is 6.42 Å². The monoisotopic (exact) mass is 305 g/mol. The summed E-state index contributed by atoms with van der Waals surface area (Å²) in [6.45, 7) is 0.496. The van der Waals surface area contributed by atoms with E-state index in [1.165, 1.54) is 24.3 Å². The van der Waals surface area contributed by atoms with E-state index in [4.69, 9.17) is 10.00 Å². The van der Waals surface area contributed by atoms with Gasteiger partial charge in [-0.1, -0.05) is 12.1 Å². The molecular formula is C16H10F3NO2. The molecule has 0 saturated heterocycles. The zero-order valence-electron chi connectivity index (χ0n) is 11.3. The predicted molar refractivity (Wildman–Crippen MR) is 72.5 cm³/mol. The number of rotatable bonds is 2. The molecule has 0 N–H and O–H groups in total. The lowest BCUT2D eigenvalue weighted by molar-refractivity contribution is -0.274.